The summed E-state index contributed by atoms with van der Waals surface area (Å²) in [5.41, 5.74) is 2.14. The number of carbonyl (C=O) groups is 1. The van der Waals surface area contributed by atoms with Crippen LogP contribution in [0.1, 0.15) is 32.6 Å². The standard InChI is InChI=1S/C18H20O5S/c1-18-9-8-14-13-5-3-12(23-24(20,21)22)10-11(13)2-4-15(14)16(18)6-7-17(18)19/h2-5,10,13-14,16H,6-9H2,1H3,(H,20,21,22)/t13-,14+,16-,18-/m0/s1. The molecule has 4 atom stereocenters. The molecule has 0 aromatic heterocycles. The highest BCUT2D eigenvalue weighted by atomic mass is 32.3. The third-order valence-corrected chi connectivity index (χ3v) is 6.54. The molecule has 0 unspecified atom stereocenters. The molecule has 0 spiro atoms. The van der Waals surface area contributed by atoms with Gasteiger partial charge in [0.15, 0.2) is 0 Å². The SMILES string of the molecule is C[C@]12CC[C@H]3C(=CC=C4C=C(OS(=O)(=O)O)C=C[C@@H]43)[C@@H]1CCC2=O. The Bertz CT molecular complexity index is 829. The second kappa shape index (κ2) is 5.17. The van der Waals surface area contributed by atoms with E-state index in [1.807, 2.05) is 12.2 Å². The number of rotatable bonds is 2. The van der Waals surface area contributed by atoms with Gasteiger partial charge in [-0.3, -0.25) is 9.35 Å². The van der Waals surface area contributed by atoms with E-state index < -0.39 is 10.4 Å². The van der Waals surface area contributed by atoms with Crippen molar-refractivity contribution in [2.24, 2.45) is 23.2 Å². The first kappa shape index (κ1) is 15.8. The van der Waals surface area contributed by atoms with E-state index in [1.165, 1.54) is 5.57 Å². The maximum absolute atomic E-state index is 12.3. The Morgan fingerprint density at radius 3 is 2.83 bits per heavy atom. The zero-order valence-electron chi connectivity index (χ0n) is 13.4. The molecule has 128 valence electrons. The molecule has 4 aliphatic carbocycles. The highest BCUT2D eigenvalue weighted by Gasteiger charge is 2.52. The fourth-order valence-electron chi connectivity index (χ4n) is 4.94. The first-order valence-electron chi connectivity index (χ1n) is 8.30. The van der Waals surface area contributed by atoms with Crippen molar-refractivity contribution in [2.75, 3.05) is 0 Å². The number of ketones is 1. The summed E-state index contributed by atoms with van der Waals surface area (Å²) in [6, 6.07) is 0. The average molecular weight is 348 g/mol. The molecular formula is C18H20O5S. The predicted molar refractivity (Wildman–Crippen MR) is 88.1 cm³/mol. The molecule has 0 aromatic carbocycles. The molecule has 0 saturated heterocycles. The minimum Gasteiger partial charge on any atom is -0.362 e. The number of allylic oxidation sites excluding steroid dienone is 7. The molecule has 2 saturated carbocycles. The topological polar surface area (TPSA) is 80.7 Å². The van der Waals surface area contributed by atoms with E-state index in [4.69, 9.17) is 4.55 Å². The number of Topliss-reactive ketones (excluding diaryl/α,β-unsaturated/α-hetero) is 1. The first-order valence-corrected chi connectivity index (χ1v) is 9.66. The average Bonchev–Trinajstić information content (AvgIpc) is 2.81. The fourth-order valence-corrected chi connectivity index (χ4v) is 5.29. The van der Waals surface area contributed by atoms with Crippen molar-refractivity contribution in [3.63, 3.8) is 0 Å². The Morgan fingerprint density at radius 1 is 1.29 bits per heavy atom. The van der Waals surface area contributed by atoms with Crippen LogP contribution in [0.3, 0.4) is 0 Å². The molecule has 4 rings (SSSR count). The lowest BCUT2D eigenvalue weighted by molar-refractivity contribution is -0.127. The van der Waals surface area contributed by atoms with Gasteiger partial charge < -0.3 is 4.18 Å². The Labute approximate surface area is 141 Å². The van der Waals surface area contributed by atoms with Crippen LogP contribution in [0.4, 0.5) is 0 Å². The molecule has 6 heteroatoms. The van der Waals surface area contributed by atoms with Crippen molar-refractivity contribution < 1.29 is 21.9 Å². The van der Waals surface area contributed by atoms with Gasteiger partial charge in [0.05, 0.1) is 0 Å². The summed E-state index contributed by atoms with van der Waals surface area (Å²) in [6.45, 7) is 2.11. The van der Waals surface area contributed by atoms with E-state index in [1.54, 1.807) is 12.2 Å². The number of hydrogen-bond donors (Lipinski definition) is 1. The van der Waals surface area contributed by atoms with Gasteiger partial charge in [0.2, 0.25) is 0 Å². The van der Waals surface area contributed by atoms with E-state index >= 15 is 0 Å². The number of fused-ring (bicyclic) bond motifs is 5. The van der Waals surface area contributed by atoms with E-state index in [2.05, 4.69) is 17.2 Å². The highest BCUT2D eigenvalue weighted by molar-refractivity contribution is 7.81. The van der Waals surface area contributed by atoms with Crippen LogP contribution in [-0.2, 0) is 19.4 Å². The van der Waals surface area contributed by atoms with Crippen LogP contribution in [0.25, 0.3) is 0 Å². The number of hydrogen-bond acceptors (Lipinski definition) is 4. The molecule has 2 fully saturated rings. The zero-order chi connectivity index (χ0) is 17.1. The summed E-state index contributed by atoms with van der Waals surface area (Å²) in [7, 11) is -4.51. The Morgan fingerprint density at radius 2 is 2.08 bits per heavy atom. The van der Waals surface area contributed by atoms with E-state index in [-0.39, 0.29) is 17.1 Å². The number of carbonyl (C=O) groups excluding carboxylic acids is 1. The zero-order valence-corrected chi connectivity index (χ0v) is 14.3. The summed E-state index contributed by atoms with van der Waals surface area (Å²) in [6.07, 6.45) is 12.8. The monoisotopic (exact) mass is 348 g/mol. The molecule has 1 N–H and O–H groups in total. The molecule has 0 heterocycles. The summed E-state index contributed by atoms with van der Waals surface area (Å²) in [5, 5.41) is 0. The first-order chi connectivity index (χ1) is 11.3. The van der Waals surface area contributed by atoms with Gasteiger partial charge in [-0.15, -0.1) is 0 Å². The van der Waals surface area contributed by atoms with Crippen LogP contribution in [-0.4, -0.2) is 18.8 Å². The van der Waals surface area contributed by atoms with Gasteiger partial charge in [0.1, 0.15) is 11.5 Å². The summed E-state index contributed by atoms with van der Waals surface area (Å²) in [5.74, 6) is 1.38. The van der Waals surface area contributed by atoms with Crippen molar-refractivity contribution >= 4 is 16.2 Å². The van der Waals surface area contributed by atoms with Crippen LogP contribution < -0.4 is 0 Å². The third kappa shape index (κ3) is 2.40. The van der Waals surface area contributed by atoms with Crippen molar-refractivity contribution in [1.82, 2.24) is 0 Å². The molecular weight excluding hydrogens is 328 g/mol. The van der Waals surface area contributed by atoms with Gasteiger partial charge in [-0.05, 0) is 48.8 Å². The van der Waals surface area contributed by atoms with Gasteiger partial charge >= 0.3 is 10.4 Å². The Kier molecular flexibility index (Phi) is 3.41. The molecule has 5 nitrogen and oxygen atoms in total. The minimum absolute atomic E-state index is 0.119. The maximum Gasteiger partial charge on any atom is 0.446 e. The van der Waals surface area contributed by atoms with Crippen LogP contribution >= 0.6 is 0 Å². The fraction of sp³-hybridized carbons (Fsp3) is 0.500. The molecule has 4 aliphatic rings. The van der Waals surface area contributed by atoms with Gasteiger partial charge in [-0.1, -0.05) is 30.7 Å². The highest BCUT2D eigenvalue weighted by Crippen LogP contribution is 2.57. The second-order valence-corrected chi connectivity index (χ2v) is 8.38. The normalized spacial score (nSPS) is 37.7. The molecule has 0 aromatic rings. The van der Waals surface area contributed by atoms with E-state index in [0.29, 0.717) is 24.0 Å². The Hall–Kier alpha value is -1.66. The molecule has 0 radical (unpaired) electrons. The van der Waals surface area contributed by atoms with Gasteiger partial charge in [-0.2, -0.15) is 8.42 Å². The van der Waals surface area contributed by atoms with Crippen molar-refractivity contribution in [1.29, 1.82) is 0 Å². The summed E-state index contributed by atoms with van der Waals surface area (Å²) >= 11 is 0. The third-order valence-electron chi connectivity index (χ3n) is 6.14. The maximum atomic E-state index is 12.3. The quantitative estimate of drug-likeness (QED) is 0.776. The van der Waals surface area contributed by atoms with E-state index in [0.717, 1.165) is 24.8 Å². The molecule has 24 heavy (non-hydrogen) atoms. The summed E-state index contributed by atoms with van der Waals surface area (Å²) < 4.78 is 35.1. The van der Waals surface area contributed by atoms with Gasteiger partial charge in [0, 0.05) is 17.8 Å². The smallest absolute Gasteiger partial charge is 0.362 e. The van der Waals surface area contributed by atoms with E-state index in [9.17, 15) is 13.2 Å². The lowest BCUT2D eigenvalue weighted by Gasteiger charge is -2.45. The Balaban J connectivity index is 1.67. The lowest BCUT2D eigenvalue weighted by Crippen LogP contribution is -2.40. The molecule has 0 amide bonds. The van der Waals surface area contributed by atoms with Crippen LogP contribution in [0, 0.1) is 23.2 Å². The van der Waals surface area contributed by atoms with Gasteiger partial charge in [-0.25, -0.2) is 0 Å². The minimum atomic E-state index is -4.51. The van der Waals surface area contributed by atoms with Gasteiger partial charge in [0.25, 0.3) is 0 Å². The van der Waals surface area contributed by atoms with Crippen LogP contribution in [0.5, 0.6) is 0 Å². The summed E-state index contributed by atoms with van der Waals surface area (Å²) in [4.78, 5) is 12.3. The van der Waals surface area contributed by atoms with Crippen molar-refractivity contribution in [2.45, 2.75) is 32.6 Å². The van der Waals surface area contributed by atoms with Crippen molar-refractivity contribution in [3.05, 3.63) is 47.3 Å². The van der Waals surface area contributed by atoms with Crippen LogP contribution in [0.15, 0.2) is 47.3 Å². The lowest BCUT2D eigenvalue weighted by atomic mass is 9.58. The second-order valence-electron chi connectivity index (χ2n) is 7.35. The molecule has 0 bridgehead atoms. The molecule has 0 aliphatic heterocycles. The predicted octanol–water partition coefficient (Wildman–Crippen LogP) is 3.14. The van der Waals surface area contributed by atoms with Crippen LogP contribution in [0.2, 0.25) is 0 Å². The largest absolute Gasteiger partial charge is 0.446 e. The van der Waals surface area contributed by atoms with Crippen molar-refractivity contribution in [3.8, 4) is 0 Å².